The number of esters is 1. The lowest BCUT2D eigenvalue weighted by atomic mass is 9.86. The fourth-order valence-corrected chi connectivity index (χ4v) is 5.20. The Morgan fingerprint density at radius 3 is 2.64 bits per heavy atom. The molecule has 1 unspecified atom stereocenters. The molecular weight excluding hydrogens is 378 g/mol. The van der Waals surface area contributed by atoms with Crippen LogP contribution in [0, 0.1) is 6.92 Å². The molecule has 0 N–H and O–H groups in total. The summed E-state index contributed by atoms with van der Waals surface area (Å²) in [6.07, 6.45) is 2.39. The van der Waals surface area contributed by atoms with Crippen molar-refractivity contribution in [1.29, 1.82) is 0 Å². The van der Waals surface area contributed by atoms with E-state index >= 15 is 0 Å². The van der Waals surface area contributed by atoms with Crippen LogP contribution in [0.25, 0.3) is 10.2 Å². The molecule has 0 aliphatic heterocycles. The van der Waals surface area contributed by atoms with Gasteiger partial charge < -0.3 is 9.64 Å². The van der Waals surface area contributed by atoms with Crippen LogP contribution >= 0.6 is 11.3 Å². The molecule has 2 aromatic rings. The second-order valence-electron chi connectivity index (χ2n) is 6.93. The van der Waals surface area contributed by atoms with Crippen LogP contribution in [0.15, 0.2) is 4.79 Å². The van der Waals surface area contributed by atoms with Gasteiger partial charge in [-0.05, 0) is 52.5 Å². The minimum atomic E-state index is -0.429. The quantitative estimate of drug-likeness (QED) is 0.690. The predicted octanol–water partition coefficient (Wildman–Crippen LogP) is 2.62. The molecule has 7 nitrogen and oxygen atoms in total. The zero-order chi connectivity index (χ0) is 20.4. The Hall–Kier alpha value is -2.22. The summed E-state index contributed by atoms with van der Waals surface area (Å²) in [5.41, 5.74) is 0.531. The molecule has 0 spiro atoms. The normalized spacial score (nSPS) is 16.1. The van der Waals surface area contributed by atoms with Gasteiger partial charge in [0.15, 0.2) is 0 Å². The zero-order valence-electron chi connectivity index (χ0n) is 16.9. The summed E-state index contributed by atoms with van der Waals surface area (Å²) >= 11 is 1.48. The Morgan fingerprint density at radius 2 is 2.00 bits per heavy atom. The number of aromatic nitrogens is 2. The number of hydrogen-bond donors (Lipinski definition) is 0. The van der Waals surface area contributed by atoms with E-state index in [2.05, 4.69) is 4.98 Å². The third-order valence-corrected chi connectivity index (χ3v) is 6.50. The molecule has 3 rings (SSSR count). The summed E-state index contributed by atoms with van der Waals surface area (Å²) in [6, 6.07) is 0. The van der Waals surface area contributed by atoms with Crippen LogP contribution < -0.4 is 5.56 Å². The van der Waals surface area contributed by atoms with E-state index in [1.54, 1.807) is 18.7 Å². The highest BCUT2D eigenvalue weighted by Gasteiger charge is 2.33. The molecule has 1 aliphatic rings. The lowest BCUT2D eigenvalue weighted by Gasteiger charge is -2.22. The first kappa shape index (κ1) is 20.5. The molecular formula is C20H27N3O4S. The number of ether oxygens (including phenoxy) is 1. The summed E-state index contributed by atoms with van der Waals surface area (Å²) in [5, 5.41) is 0.482. The van der Waals surface area contributed by atoms with E-state index in [1.165, 1.54) is 15.9 Å². The highest BCUT2D eigenvalue weighted by Crippen LogP contribution is 2.41. The molecule has 1 amide bonds. The molecule has 1 atom stereocenters. The lowest BCUT2D eigenvalue weighted by molar-refractivity contribution is -0.145. The van der Waals surface area contributed by atoms with Crippen molar-refractivity contribution in [2.45, 2.75) is 59.4 Å². The van der Waals surface area contributed by atoms with Crippen LogP contribution in [0.3, 0.4) is 0 Å². The van der Waals surface area contributed by atoms with Gasteiger partial charge in [0.25, 0.3) is 5.56 Å². The maximum Gasteiger partial charge on any atom is 0.313 e. The molecule has 0 bridgehead atoms. The number of thiophene rings is 1. The monoisotopic (exact) mass is 405 g/mol. The summed E-state index contributed by atoms with van der Waals surface area (Å²) in [4.78, 5) is 46.4. The Bertz CT molecular complexity index is 958. The Balaban J connectivity index is 2.12. The Labute approximate surface area is 168 Å². The number of likely N-dealkylation sites (N-methyl/N-ethyl adjacent to an activating group) is 1. The second kappa shape index (κ2) is 8.43. The number of carbonyl (C=O) groups is 2. The lowest BCUT2D eigenvalue weighted by Crippen LogP contribution is -2.37. The molecule has 0 fully saturated rings. The highest BCUT2D eigenvalue weighted by molar-refractivity contribution is 7.18. The van der Waals surface area contributed by atoms with E-state index in [1.807, 2.05) is 13.8 Å². The van der Waals surface area contributed by atoms with Gasteiger partial charge in [0.05, 0.1) is 17.9 Å². The van der Waals surface area contributed by atoms with Crippen LogP contribution in [0.1, 0.15) is 55.8 Å². The molecule has 0 saturated carbocycles. The van der Waals surface area contributed by atoms with Crippen molar-refractivity contribution in [1.82, 2.24) is 14.5 Å². The third kappa shape index (κ3) is 3.57. The van der Waals surface area contributed by atoms with Crippen molar-refractivity contribution in [3.63, 3.8) is 0 Å². The average molecular weight is 406 g/mol. The molecule has 28 heavy (non-hydrogen) atoms. The molecule has 0 aromatic carbocycles. The first-order valence-electron chi connectivity index (χ1n) is 9.89. The van der Waals surface area contributed by atoms with Crippen LogP contribution in [0.4, 0.5) is 0 Å². The van der Waals surface area contributed by atoms with Gasteiger partial charge in [-0.25, -0.2) is 4.98 Å². The molecule has 152 valence electrons. The predicted molar refractivity (Wildman–Crippen MR) is 109 cm³/mol. The first-order chi connectivity index (χ1) is 13.4. The average Bonchev–Trinajstić information content (AvgIpc) is 3.04. The maximum absolute atomic E-state index is 13.3. The number of nitrogens with zero attached hydrogens (tertiary/aromatic N) is 3. The van der Waals surface area contributed by atoms with E-state index in [4.69, 9.17) is 4.74 Å². The van der Waals surface area contributed by atoms with E-state index in [-0.39, 0.29) is 24.0 Å². The second-order valence-corrected chi connectivity index (χ2v) is 8.02. The third-order valence-electron chi connectivity index (χ3n) is 5.34. The minimum absolute atomic E-state index is 0.0377. The first-order valence-corrected chi connectivity index (χ1v) is 10.7. The van der Waals surface area contributed by atoms with Gasteiger partial charge in [-0.2, -0.15) is 0 Å². The van der Waals surface area contributed by atoms with Crippen molar-refractivity contribution in [3.05, 3.63) is 26.6 Å². The van der Waals surface area contributed by atoms with Gasteiger partial charge in [-0.3, -0.25) is 19.0 Å². The van der Waals surface area contributed by atoms with Crippen molar-refractivity contribution >= 4 is 33.4 Å². The number of fused-ring (bicyclic) bond motifs is 3. The van der Waals surface area contributed by atoms with E-state index < -0.39 is 5.92 Å². The molecule has 2 aromatic heterocycles. The molecule has 8 heteroatoms. The van der Waals surface area contributed by atoms with E-state index in [9.17, 15) is 14.4 Å². The highest BCUT2D eigenvalue weighted by atomic mass is 32.1. The van der Waals surface area contributed by atoms with Crippen molar-refractivity contribution in [3.8, 4) is 0 Å². The number of hydrogen-bond acceptors (Lipinski definition) is 6. The van der Waals surface area contributed by atoms with Crippen molar-refractivity contribution < 1.29 is 14.3 Å². The largest absolute Gasteiger partial charge is 0.466 e. The van der Waals surface area contributed by atoms with Gasteiger partial charge in [0.1, 0.15) is 17.2 Å². The number of amides is 1. The SMILES string of the molecule is CCOC(=O)C1CCCc2sc3nc(C)n(CC(=O)N(CC)CC)c(=O)c3c21. The standard InChI is InChI=1S/C20H27N3O4S/c1-5-22(6-2)15(24)11-23-12(4)21-18-17(19(23)25)16-13(20(26)27-7-3)9-8-10-14(16)28-18/h13H,5-11H2,1-4H3. The molecule has 0 radical (unpaired) electrons. The maximum atomic E-state index is 13.3. The fraction of sp³-hybridized carbons (Fsp3) is 0.600. The number of carbonyl (C=O) groups excluding carboxylic acids is 2. The fourth-order valence-electron chi connectivity index (χ4n) is 3.89. The molecule has 2 heterocycles. The van der Waals surface area contributed by atoms with Crippen LogP contribution in [-0.2, 0) is 27.3 Å². The Kier molecular flexibility index (Phi) is 6.17. The van der Waals surface area contributed by atoms with Gasteiger partial charge in [-0.1, -0.05) is 0 Å². The summed E-state index contributed by atoms with van der Waals surface area (Å²) in [6.45, 7) is 8.82. The number of aryl methyl sites for hydroxylation is 2. The molecule has 1 aliphatic carbocycles. The smallest absolute Gasteiger partial charge is 0.313 e. The van der Waals surface area contributed by atoms with Gasteiger partial charge in [-0.15, -0.1) is 11.3 Å². The van der Waals surface area contributed by atoms with Gasteiger partial charge in [0.2, 0.25) is 5.91 Å². The Morgan fingerprint density at radius 1 is 1.29 bits per heavy atom. The minimum Gasteiger partial charge on any atom is -0.466 e. The molecule has 0 saturated heterocycles. The summed E-state index contributed by atoms with van der Waals surface area (Å²) in [7, 11) is 0. The van der Waals surface area contributed by atoms with Crippen LogP contribution in [0.2, 0.25) is 0 Å². The van der Waals surface area contributed by atoms with Crippen molar-refractivity contribution in [2.24, 2.45) is 0 Å². The van der Waals surface area contributed by atoms with Crippen LogP contribution in [-0.4, -0.2) is 46.0 Å². The van der Waals surface area contributed by atoms with E-state index in [0.717, 1.165) is 23.3 Å². The summed E-state index contributed by atoms with van der Waals surface area (Å²) < 4.78 is 6.69. The topological polar surface area (TPSA) is 81.5 Å². The van der Waals surface area contributed by atoms with Crippen LogP contribution in [0.5, 0.6) is 0 Å². The van der Waals surface area contributed by atoms with E-state index in [0.29, 0.717) is 42.2 Å². The van der Waals surface area contributed by atoms with Gasteiger partial charge in [0, 0.05) is 18.0 Å². The van der Waals surface area contributed by atoms with Crippen molar-refractivity contribution in [2.75, 3.05) is 19.7 Å². The summed E-state index contributed by atoms with van der Waals surface area (Å²) in [5.74, 6) is -0.304. The van der Waals surface area contributed by atoms with Gasteiger partial charge >= 0.3 is 5.97 Å². The number of rotatable bonds is 6. The zero-order valence-corrected chi connectivity index (χ0v) is 17.7.